The van der Waals surface area contributed by atoms with Crippen LogP contribution in [0, 0.1) is 0 Å². The molecule has 1 amide bonds. The predicted molar refractivity (Wildman–Crippen MR) is 109 cm³/mol. The summed E-state index contributed by atoms with van der Waals surface area (Å²) in [5.74, 6) is -0.765. The average Bonchev–Trinajstić information content (AvgIpc) is 3.10. The maximum absolute atomic E-state index is 12.4. The molecule has 1 aromatic carbocycles. The number of carbonyl (C=O) groups excluding carboxylic acids is 3. The number of carbonyl (C=O) groups is 3. The second-order valence-corrected chi connectivity index (χ2v) is 7.59. The Labute approximate surface area is 173 Å². The van der Waals surface area contributed by atoms with Gasteiger partial charge in [-0.05, 0) is 62.4 Å². The van der Waals surface area contributed by atoms with Gasteiger partial charge in [0, 0.05) is 4.88 Å². The minimum atomic E-state index is -0.442. The summed E-state index contributed by atoms with van der Waals surface area (Å²) in [6.07, 6.45) is 3.83. The van der Waals surface area contributed by atoms with Crippen molar-refractivity contribution in [2.24, 2.45) is 0 Å². The number of hydrogen-bond donors (Lipinski definition) is 1. The molecule has 0 bridgehead atoms. The largest absolute Gasteiger partial charge is 0.484 e. The van der Waals surface area contributed by atoms with E-state index in [1.165, 1.54) is 18.4 Å². The van der Waals surface area contributed by atoms with Gasteiger partial charge in [0.15, 0.2) is 6.61 Å². The number of thiophene rings is 1. The quantitative estimate of drug-likeness (QED) is 0.692. The Morgan fingerprint density at radius 3 is 2.48 bits per heavy atom. The minimum absolute atomic E-state index is 0.220. The van der Waals surface area contributed by atoms with E-state index in [0.29, 0.717) is 21.9 Å². The molecule has 1 aliphatic rings. The van der Waals surface area contributed by atoms with Gasteiger partial charge in [-0.25, -0.2) is 9.59 Å². The summed E-state index contributed by atoms with van der Waals surface area (Å²) < 4.78 is 15.3. The van der Waals surface area contributed by atoms with Crippen molar-refractivity contribution in [3.05, 3.63) is 45.8 Å². The summed E-state index contributed by atoms with van der Waals surface area (Å²) in [5.41, 5.74) is 1.86. The van der Waals surface area contributed by atoms with Crippen LogP contribution in [0.5, 0.6) is 5.75 Å². The van der Waals surface area contributed by atoms with Crippen molar-refractivity contribution in [1.29, 1.82) is 0 Å². The predicted octanol–water partition coefficient (Wildman–Crippen LogP) is 3.61. The molecule has 0 atom stereocenters. The van der Waals surface area contributed by atoms with E-state index in [0.717, 1.165) is 36.1 Å². The van der Waals surface area contributed by atoms with Gasteiger partial charge in [-0.3, -0.25) is 4.79 Å². The van der Waals surface area contributed by atoms with Crippen LogP contribution in [0.2, 0.25) is 0 Å². The van der Waals surface area contributed by atoms with Crippen molar-refractivity contribution in [1.82, 2.24) is 0 Å². The molecular weight excluding hydrogens is 394 g/mol. The van der Waals surface area contributed by atoms with Crippen molar-refractivity contribution in [3.63, 3.8) is 0 Å². The van der Waals surface area contributed by atoms with Gasteiger partial charge in [-0.1, -0.05) is 0 Å². The number of aryl methyl sites for hydroxylation is 1. The monoisotopic (exact) mass is 417 g/mol. The zero-order valence-corrected chi connectivity index (χ0v) is 17.2. The van der Waals surface area contributed by atoms with Gasteiger partial charge in [0.05, 0.1) is 24.8 Å². The van der Waals surface area contributed by atoms with Crippen molar-refractivity contribution in [3.8, 4) is 5.75 Å². The number of ether oxygens (including phenoxy) is 3. The van der Waals surface area contributed by atoms with Crippen LogP contribution in [-0.2, 0) is 27.1 Å². The lowest BCUT2D eigenvalue weighted by atomic mass is 9.95. The first-order chi connectivity index (χ1) is 14.0. The minimum Gasteiger partial charge on any atom is -0.484 e. The van der Waals surface area contributed by atoms with Crippen molar-refractivity contribution in [2.45, 2.75) is 32.6 Å². The van der Waals surface area contributed by atoms with E-state index >= 15 is 0 Å². The van der Waals surface area contributed by atoms with Gasteiger partial charge in [0.1, 0.15) is 10.8 Å². The summed E-state index contributed by atoms with van der Waals surface area (Å²) in [6.45, 7) is 1.82. The summed E-state index contributed by atoms with van der Waals surface area (Å²) in [4.78, 5) is 37.4. The molecule has 1 N–H and O–H groups in total. The third-order valence-corrected chi connectivity index (χ3v) is 5.76. The molecule has 0 spiro atoms. The van der Waals surface area contributed by atoms with E-state index in [2.05, 4.69) is 10.1 Å². The van der Waals surface area contributed by atoms with Crippen LogP contribution in [0.15, 0.2) is 24.3 Å². The Morgan fingerprint density at radius 2 is 1.79 bits per heavy atom. The van der Waals surface area contributed by atoms with Crippen LogP contribution >= 0.6 is 11.3 Å². The lowest BCUT2D eigenvalue weighted by Crippen LogP contribution is -2.21. The number of fused-ring (bicyclic) bond motifs is 1. The SMILES string of the molecule is CCOC(=O)c1c(NC(=O)COc2ccc(C(=O)OC)cc2)sc2c1CCCC2. The van der Waals surface area contributed by atoms with Crippen molar-refractivity contribution >= 4 is 34.2 Å². The Kier molecular flexibility index (Phi) is 6.87. The van der Waals surface area contributed by atoms with Crippen LogP contribution in [0.25, 0.3) is 0 Å². The van der Waals surface area contributed by atoms with Crippen molar-refractivity contribution in [2.75, 3.05) is 25.6 Å². The van der Waals surface area contributed by atoms with E-state index in [1.54, 1.807) is 31.2 Å². The smallest absolute Gasteiger partial charge is 0.341 e. The molecule has 1 heterocycles. The fourth-order valence-electron chi connectivity index (χ4n) is 3.19. The number of amides is 1. The van der Waals surface area contributed by atoms with E-state index < -0.39 is 11.9 Å². The van der Waals surface area contributed by atoms with Crippen LogP contribution in [0.3, 0.4) is 0 Å². The van der Waals surface area contributed by atoms with Crippen LogP contribution in [0.4, 0.5) is 5.00 Å². The summed E-state index contributed by atoms with van der Waals surface area (Å²) >= 11 is 1.43. The molecular formula is C21H23NO6S. The molecule has 3 rings (SSSR count). The number of esters is 2. The number of benzene rings is 1. The average molecular weight is 417 g/mol. The van der Waals surface area contributed by atoms with E-state index in [1.807, 2.05) is 0 Å². The van der Waals surface area contributed by atoms with Gasteiger partial charge < -0.3 is 19.5 Å². The molecule has 7 nitrogen and oxygen atoms in total. The molecule has 0 radical (unpaired) electrons. The van der Waals surface area contributed by atoms with Crippen molar-refractivity contribution < 1.29 is 28.6 Å². The Balaban J connectivity index is 1.66. The van der Waals surface area contributed by atoms with Gasteiger partial charge in [-0.2, -0.15) is 0 Å². The summed E-state index contributed by atoms with van der Waals surface area (Å²) in [6, 6.07) is 6.30. The first-order valence-electron chi connectivity index (χ1n) is 9.46. The lowest BCUT2D eigenvalue weighted by molar-refractivity contribution is -0.118. The topological polar surface area (TPSA) is 90.9 Å². The molecule has 8 heteroatoms. The maximum atomic E-state index is 12.4. The highest BCUT2D eigenvalue weighted by atomic mass is 32.1. The first-order valence-corrected chi connectivity index (χ1v) is 10.3. The number of anilines is 1. The molecule has 0 fully saturated rings. The number of rotatable bonds is 7. The Bertz CT molecular complexity index is 903. The molecule has 1 aliphatic carbocycles. The summed E-state index contributed by atoms with van der Waals surface area (Å²) in [7, 11) is 1.31. The second kappa shape index (κ2) is 9.56. The highest BCUT2D eigenvalue weighted by Crippen LogP contribution is 2.38. The number of nitrogens with one attached hydrogen (secondary N) is 1. The van der Waals surface area contributed by atoms with Gasteiger partial charge >= 0.3 is 11.9 Å². The molecule has 0 saturated heterocycles. The Morgan fingerprint density at radius 1 is 1.07 bits per heavy atom. The molecule has 0 aliphatic heterocycles. The molecule has 0 saturated carbocycles. The fourth-order valence-corrected chi connectivity index (χ4v) is 4.48. The zero-order valence-electron chi connectivity index (χ0n) is 16.4. The zero-order chi connectivity index (χ0) is 20.8. The van der Waals surface area contributed by atoms with Crippen LogP contribution < -0.4 is 10.1 Å². The Hall–Kier alpha value is -2.87. The van der Waals surface area contributed by atoms with E-state index in [4.69, 9.17) is 9.47 Å². The van der Waals surface area contributed by atoms with E-state index in [9.17, 15) is 14.4 Å². The third kappa shape index (κ3) is 4.95. The van der Waals surface area contributed by atoms with Crippen LogP contribution in [0.1, 0.15) is 50.9 Å². The number of hydrogen-bond acceptors (Lipinski definition) is 7. The molecule has 0 unspecified atom stereocenters. The lowest BCUT2D eigenvalue weighted by Gasteiger charge is -2.12. The standard InChI is InChI=1S/C21H23NO6S/c1-3-27-21(25)18-15-6-4-5-7-16(15)29-19(18)22-17(23)12-28-14-10-8-13(9-11-14)20(24)26-2/h8-11H,3-7,12H2,1-2H3,(H,22,23). The second-order valence-electron chi connectivity index (χ2n) is 6.49. The molecule has 1 aromatic heterocycles. The maximum Gasteiger partial charge on any atom is 0.341 e. The number of methoxy groups -OCH3 is 1. The molecule has 29 heavy (non-hydrogen) atoms. The van der Waals surface area contributed by atoms with Gasteiger partial charge in [0.2, 0.25) is 0 Å². The highest BCUT2D eigenvalue weighted by Gasteiger charge is 2.27. The third-order valence-electron chi connectivity index (χ3n) is 4.55. The van der Waals surface area contributed by atoms with Gasteiger partial charge in [0.25, 0.3) is 5.91 Å². The van der Waals surface area contributed by atoms with Crippen LogP contribution in [-0.4, -0.2) is 38.2 Å². The normalized spacial score (nSPS) is 12.6. The summed E-state index contributed by atoms with van der Waals surface area (Å²) in [5, 5.41) is 3.31. The molecule has 154 valence electrons. The fraction of sp³-hybridized carbons (Fsp3) is 0.381. The highest BCUT2D eigenvalue weighted by molar-refractivity contribution is 7.17. The van der Waals surface area contributed by atoms with E-state index in [-0.39, 0.29) is 19.1 Å². The molecule has 2 aromatic rings. The van der Waals surface area contributed by atoms with Gasteiger partial charge in [-0.15, -0.1) is 11.3 Å². The first kappa shape index (κ1) is 20.9.